The summed E-state index contributed by atoms with van der Waals surface area (Å²) < 4.78 is 18.3. The van der Waals surface area contributed by atoms with Crippen molar-refractivity contribution >= 4 is 23.6 Å². The number of hydrogen-bond donors (Lipinski definition) is 2. The lowest BCUT2D eigenvalue weighted by molar-refractivity contribution is 0.0461. The molecule has 1 heterocycles. The number of halogens is 1. The van der Waals surface area contributed by atoms with Crippen molar-refractivity contribution in [3.8, 4) is 0 Å². The van der Waals surface area contributed by atoms with Crippen LogP contribution in [0.15, 0.2) is 48.5 Å². The highest BCUT2D eigenvalue weighted by atomic mass is 19.1. The number of nitrogens with one attached hydrogen (secondary N) is 1. The Bertz CT molecular complexity index is 948. The monoisotopic (exact) mass is 353 g/mol. The molecule has 0 aliphatic carbocycles. The van der Waals surface area contributed by atoms with Gasteiger partial charge in [-0.25, -0.2) is 9.18 Å². The van der Waals surface area contributed by atoms with Gasteiger partial charge in [0.05, 0.1) is 5.56 Å². The summed E-state index contributed by atoms with van der Waals surface area (Å²) in [7, 11) is 0. The molecule has 0 atom stereocenters. The second-order valence-electron chi connectivity index (χ2n) is 5.46. The fourth-order valence-electron chi connectivity index (χ4n) is 2.22. The molecule has 0 bridgehead atoms. The third-order valence-electron chi connectivity index (χ3n) is 3.48. The van der Waals surface area contributed by atoms with Crippen LogP contribution >= 0.6 is 0 Å². The summed E-state index contributed by atoms with van der Waals surface area (Å²) in [5.74, 6) is -0.791. The molecule has 1 aromatic heterocycles. The van der Waals surface area contributed by atoms with Crippen LogP contribution in [-0.2, 0) is 11.3 Å². The van der Waals surface area contributed by atoms with Crippen molar-refractivity contribution in [1.29, 1.82) is 0 Å². The predicted octanol–water partition coefficient (Wildman–Crippen LogP) is 3.00. The van der Waals surface area contributed by atoms with E-state index in [-0.39, 0.29) is 29.9 Å². The number of carbonyl (C=O) groups excluding carboxylic acids is 1. The van der Waals surface area contributed by atoms with E-state index in [1.165, 1.54) is 18.2 Å². The van der Waals surface area contributed by atoms with E-state index < -0.39 is 11.8 Å². The molecule has 3 aromatic rings. The van der Waals surface area contributed by atoms with Crippen LogP contribution in [0.2, 0.25) is 0 Å². The molecule has 0 aliphatic rings. The van der Waals surface area contributed by atoms with Crippen LogP contribution in [-0.4, -0.2) is 20.9 Å². The van der Waals surface area contributed by atoms with Crippen LogP contribution in [0.25, 0.3) is 0 Å². The van der Waals surface area contributed by atoms with E-state index in [4.69, 9.17) is 10.5 Å². The van der Waals surface area contributed by atoms with Crippen LogP contribution in [0.3, 0.4) is 0 Å². The van der Waals surface area contributed by atoms with Crippen LogP contribution in [0, 0.1) is 12.7 Å². The second-order valence-corrected chi connectivity index (χ2v) is 5.46. The number of hydrogen-bond acceptors (Lipinski definition) is 7. The maximum absolute atomic E-state index is 13.2. The maximum atomic E-state index is 13.2. The molecule has 0 unspecified atom stereocenters. The number of nitrogens with zero attached hydrogens (tertiary/aromatic N) is 3. The molecule has 132 valence electrons. The average molecular weight is 353 g/mol. The number of carbonyl (C=O) groups is 1. The van der Waals surface area contributed by atoms with Gasteiger partial charge in [-0.3, -0.25) is 0 Å². The van der Waals surface area contributed by atoms with Crippen molar-refractivity contribution in [3.05, 3.63) is 71.3 Å². The number of nitrogen functional groups attached to an aromatic ring is 1. The van der Waals surface area contributed by atoms with Crippen LogP contribution in [0.4, 0.5) is 22.0 Å². The fourth-order valence-corrected chi connectivity index (χ4v) is 2.22. The molecule has 0 aliphatic heterocycles. The predicted molar refractivity (Wildman–Crippen MR) is 94.2 cm³/mol. The molecule has 0 spiro atoms. The lowest BCUT2D eigenvalue weighted by Crippen LogP contribution is -2.11. The molecular formula is C18H16FN5O2. The van der Waals surface area contributed by atoms with E-state index in [0.717, 1.165) is 17.3 Å². The van der Waals surface area contributed by atoms with Gasteiger partial charge in [0.15, 0.2) is 12.4 Å². The van der Waals surface area contributed by atoms with Gasteiger partial charge in [-0.15, -0.1) is 0 Å². The fraction of sp³-hybridized carbons (Fsp3) is 0.111. The van der Waals surface area contributed by atoms with Gasteiger partial charge < -0.3 is 15.8 Å². The normalized spacial score (nSPS) is 10.4. The van der Waals surface area contributed by atoms with Crippen LogP contribution < -0.4 is 11.1 Å². The van der Waals surface area contributed by atoms with Gasteiger partial charge in [0.25, 0.3) is 0 Å². The highest BCUT2D eigenvalue weighted by Gasteiger charge is 2.11. The SMILES string of the molecule is Cc1ccccc1Nc1nc(N)nc(COC(=O)c2cccc(F)c2)n1. The molecule has 8 heteroatoms. The van der Waals surface area contributed by atoms with Gasteiger partial charge in [0.2, 0.25) is 11.9 Å². The molecule has 0 radical (unpaired) electrons. The van der Waals surface area contributed by atoms with Gasteiger partial charge in [-0.1, -0.05) is 24.3 Å². The molecule has 26 heavy (non-hydrogen) atoms. The first-order valence-corrected chi connectivity index (χ1v) is 7.77. The van der Waals surface area contributed by atoms with Gasteiger partial charge >= 0.3 is 5.97 Å². The van der Waals surface area contributed by atoms with E-state index in [0.29, 0.717) is 0 Å². The Balaban J connectivity index is 1.71. The van der Waals surface area contributed by atoms with Gasteiger partial charge in [0, 0.05) is 5.69 Å². The number of para-hydroxylation sites is 1. The number of rotatable bonds is 5. The summed E-state index contributed by atoms with van der Waals surface area (Å²) in [6.45, 7) is 1.72. The maximum Gasteiger partial charge on any atom is 0.338 e. The van der Waals surface area contributed by atoms with Crippen molar-refractivity contribution in [2.75, 3.05) is 11.1 Å². The van der Waals surface area contributed by atoms with E-state index in [9.17, 15) is 9.18 Å². The van der Waals surface area contributed by atoms with Crippen molar-refractivity contribution in [2.45, 2.75) is 13.5 Å². The lowest BCUT2D eigenvalue weighted by atomic mass is 10.2. The standard InChI is InChI=1S/C18H16FN5O2/c1-11-5-2-3-8-14(11)21-18-23-15(22-17(20)24-18)10-26-16(25)12-6-4-7-13(19)9-12/h2-9H,10H2,1H3,(H3,20,21,22,23,24). The molecule has 0 fully saturated rings. The smallest absolute Gasteiger partial charge is 0.338 e. The molecule has 3 N–H and O–H groups in total. The van der Waals surface area contributed by atoms with Gasteiger partial charge in [-0.2, -0.15) is 15.0 Å². The second kappa shape index (κ2) is 7.56. The van der Waals surface area contributed by atoms with E-state index in [1.807, 2.05) is 31.2 Å². The van der Waals surface area contributed by atoms with Crippen molar-refractivity contribution < 1.29 is 13.9 Å². The lowest BCUT2D eigenvalue weighted by Gasteiger charge is -2.09. The topological polar surface area (TPSA) is 103 Å². The van der Waals surface area contributed by atoms with Crippen molar-refractivity contribution in [1.82, 2.24) is 15.0 Å². The Morgan fingerprint density at radius 1 is 1.15 bits per heavy atom. The Labute approximate surface area is 149 Å². The first kappa shape index (κ1) is 17.3. The summed E-state index contributed by atoms with van der Waals surface area (Å²) >= 11 is 0. The molecule has 0 saturated carbocycles. The first-order valence-electron chi connectivity index (χ1n) is 7.77. The number of aromatic nitrogens is 3. The molecule has 3 rings (SSSR count). The van der Waals surface area contributed by atoms with E-state index >= 15 is 0 Å². The quantitative estimate of drug-likeness (QED) is 0.680. The highest BCUT2D eigenvalue weighted by molar-refractivity contribution is 5.89. The third kappa shape index (κ3) is 4.29. The molecule has 2 aromatic carbocycles. The minimum atomic E-state index is -0.683. The number of anilines is 3. The number of esters is 1. The summed E-state index contributed by atoms with van der Waals surface area (Å²) in [5, 5.41) is 3.05. The van der Waals surface area contributed by atoms with Gasteiger partial charge in [0.1, 0.15) is 5.82 Å². The number of ether oxygens (including phenoxy) is 1. The Kier molecular flexibility index (Phi) is 5.02. The summed E-state index contributed by atoms with van der Waals surface area (Å²) in [6.07, 6.45) is 0. The molecular weight excluding hydrogens is 337 g/mol. The Hall–Kier alpha value is -3.55. The first-order chi connectivity index (χ1) is 12.5. The van der Waals surface area contributed by atoms with Crippen LogP contribution in [0.1, 0.15) is 21.7 Å². The van der Waals surface area contributed by atoms with E-state index in [1.54, 1.807) is 0 Å². The summed E-state index contributed by atoms with van der Waals surface area (Å²) in [6, 6.07) is 12.8. The highest BCUT2D eigenvalue weighted by Crippen LogP contribution is 2.18. The number of benzene rings is 2. The average Bonchev–Trinajstić information content (AvgIpc) is 2.61. The zero-order valence-corrected chi connectivity index (χ0v) is 13.9. The zero-order chi connectivity index (χ0) is 18.5. The minimum absolute atomic E-state index is 0.00658. The molecule has 0 amide bonds. The summed E-state index contributed by atoms with van der Waals surface area (Å²) in [4.78, 5) is 24.1. The largest absolute Gasteiger partial charge is 0.454 e. The Morgan fingerprint density at radius 2 is 1.96 bits per heavy atom. The minimum Gasteiger partial charge on any atom is -0.454 e. The zero-order valence-electron chi connectivity index (χ0n) is 13.9. The van der Waals surface area contributed by atoms with E-state index in [2.05, 4.69) is 20.3 Å². The number of aryl methyl sites for hydroxylation is 1. The van der Waals surface area contributed by atoms with Crippen molar-refractivity contribution in [2.24, 2.45) is 0 Å². The molecule has 0 saturated heterocycles. The number of nitrogens with two attached hydrogens (primary N) is 1. The third-order valence-corrected chi connectivity index (χ3v) is 3.48. The van der Waals surface area contributed by atoms with Crippen molar-refractivity contribution in [3.63, 3.8) is 0 Å². The van der Waals surface area contributed by atoms with Crippen LogP contribution in [0.5, 0.6) is 0 Å². The Morgan fingerprint density at radius 3 is 2.73 bits per heavy atom. The molecule has 7 nitrogen and oxygen atoms in total. The summed E-state index contributed by atoms with van der Waals surface area (Å²) in [5.41, 5.74) is 7.62. The van der Waals surface area contributed by atoms with Gasteiger partial charge in [-0.05, 0) is 36.8 Å².